The summed E-state index contributed by atoms with van der Waals surface area (Å²) in [7, 11) is 2.95. The smallest absolute Gasteiger partial charge is 0.337 e. The van der Waals surface area contributed by atoms with Crippen molar-refractivity contribution in [3.63, 3.8) is 0 Å². The van der Waals surface area contributed by atoms with E-state index in [0.29, 0.717) is 17.9 Å². The van der Waals surface area contributed by atoms with Gasteiger partial charge in [0.15, 0.2) is 0 Å². The Labute approximate surface area is 165 Å². The molecule has 0 bridgehead atoms. The number of piperidine rings is 2. The highest BCUT2D eigenvalue weighted by Gasteiger charge is 2.53. The number of nitrogens with zero attached hydrogens (tertiary/aromatic N) is 2. The van der Waals surface area contributed by atoms with Crippen LogP contribution in [0, 0.1) is 11.8 Å². The maximum absolute atomic E-state index is 12.4. The molecule has 0 aromatic heterocycles. The molecule has 0 aliphatic carbocycles. The van der Waals surface area contributed by atoms with Crippen LogP contribution in [0.1, 0.15) is 31.7 Å². The summed E-state index contributed by atoms with van der Waals surface area (Å²) in [4.78, 5) is 19.7. The lowest BCUT2D eigenvalue weighted by molar-refractivity contribution is -0.137. The number of methoxy groups -OCH3 is 2. The topological polar surface area (TPSA) is 71.4 Å². The summed E-state index contributed by atoms with van der Waals surface area (Å²) in [6.45, 7) is 3.84. The number of aliphatic hydroxyl groups is 1. The van der Waals surface area contributed by atoms with Crippen LogP contribution in [0.4, 0.5) is 5.69 Å². The molecule has 6 nitrogen and oxygen atoms in total. The van der Waals surface area contributed by atoms with Crippen molar-refractivity contribution in [3.05, 3.63) is 41.7 Å². The normalized spacial score (nSPS) is 32.1. The summed E-state index contributed by atoms with van der Waals surface area (Å²) in [5.41, 5.74) is 2.15. The number of carbonyl (C=O) groups is 1. The second-order valence-electron chi connectivity index (χ2n) is 7.95. The molecule has 0 spiro atoms. The molecule has 1 N–H and O–H groups in total. The number of hydrogen-bond acceptors (Lipinski definition) is 6. The molecule has 0 amide bonds. The molecule has 4 atom stereocenters. The van der Waals surface area contributed by atoms with E-state index < -0.39 is 5.60 Å². The van der Waals surface area contributed by atoms with Gasteiger partial charge in [0, 0.05) is 18.7 Å². The first-order valence-corrected chi connectivity index (χ1v) is 9.99. The molecular formula is C22H28N2O4. The van der Waals surface area contributed by atoms with Crippen LogP contribution in [0.15, 0.2) is 41.1 Å². The van der Waals surface area contributed by atoms with E-state index in [1.807, 2.05) is 24.3 Å². The fourth-order valence-corrected chi connectivity index (χ4v) is 5.20. The van der Waals surface area contributed by atoms with E-state index in [2.05, 4.69) is 11.8 Å². The van der Waals surface area contributed by atoms with Crippen LogP contribution in [0.2, 0.25) is 0 Å². The number of hydrogen-bond donors (Lipinski definition) is 1. The molecule has 2 saturated heterocycles. The van der Waals surface area contributed by atoms with E-state index in [0.717, 1.165) is 42.9 Å². The van der Waals surface area contributed by atoms with Crippen LogP contribution in [-0.2, 0) is 19.9 Å². The average Bonchev–Trinajstić information content (AvgIpc) is 3.03. The van der Waals surface area contributed by atoms with Crippen LogP contribution in [0.5, 0.6) is 0 Å². The van der Waals surface area contributed by atoms with Gasteiger partial charge in [0.1, 0.15) is 5.60 Å². The summed E-state index contributed by atoms with van der Waals surface area (Å²) in [5.74, 6) is -0.0128. The predicted molar refractivity (Wildman–Crippen MR) is 106 cm³/mol. The van der Waals surface area contributed by atoms with Gasteiger partial charge in [-0.3, -0.25) is 9.89 Å². The van der Waals surface area contributed by atoms with Crippen molar-refractivity contribution in [2.24, 2.45) is 16.8 Å². The van der Waals surface area contributed by atoms with Crippen molar-refractivity contribution >= 4 is 17.4 Å². The van der Waals surface area contributed by atoms with Crippen LogP contribution in [0.3, 0.4) is 0 Å². The summed E-state index contributed by atoms with van der Waals surface area (Å²) < 4.78 is 10.2. The van der Waals surface area contributed by atoms with Crippen molar-refractivity contribution in [1.29, 1.82) is 0 Å². The largest absolute Gasteiger partial charge is 0.504 e. The Morgan fingerprint density at radius 1 is 1.39 bits per heavy atom. The zero-order valence-electron chi connectivity index (χ0n) is 16.7. The van der Waals surface area contributed by atoms with Gasteiger partial charge in [0.05, 0.1) is 43.5 Å². The molecule has 3 aliphatic heterocycles. The van der Waals surface area contributed by atoms with Crippen LogP contribution < -0.4 is 0 Å². The number of benzene rings is 1. The van der Waals surface area contributed by atoms with Gasteiger partial charge in [-0.05, 0) is 30.7 Å². The van der Waals surface area contributed by atoms with Gasteiger partial charge in [0.25, 0.3) is 0 Å². The molecule has 3 aliphatic rings. The number of rotatable bonds is 4. The SMILES string of the molecule is CC[C@@H]1CN2CC[C@@]3(O)C(=Nc4ccccc43)[C@@H]2C[C@@H]1/C(=C\OC)C(=O)OC. The van der Waals surface area contributed by atoms with Gasteiger partial charge in [-0.1, -0.05) is 31.5 Å². The van der Waals surface area contributed by atoms with Crippen LogP contribution in [0.25, 0.3) is 0 Å². The lowest BCUT2D eigenvalue weighted by Crippen LogP contribution is -2.60. The highest BCUT2D eigenvalue weighted by molar-refractivity contribution is 6.04. The van der Waals surface area contributed by atoms with E-state index in [9.17, 15) is 9.90 Å². The van der Waals surface area contributed by atoms with E-state index in [4.69, 9.17) is 14.5 Å². The van der Waals surface area contributed by atoms with Crippen molar-refractivity contribution in [2.75, 3.05) is 27.3 Å². The van der Waals surface area contributed by atoms with E-state index in [1.165, 1.54) is 13.4 Å². The van der Waals surface area contributed by atoms with Crippen molar-refractivity contribution in [1.82, 2.24) is 4.90 Å². The number of para-hydroxylation sites is 1. The third-order valence-corrected chi connectivity index (χ3v) is 6.64. The molecule has 1 aromatic carbocycles. The van der Waals surface area contributed by atoms with Gasteiger partial charge in [0.2, 0.25) is 0 Å². The molecule has 28 heavy (non-hydrogen) atoms. The van der Waals surface area contributed by atoms with Crippen molar-refractivity contribution in [3.8, 4) is 0 Å². The average molecular weight is 384 g/mol. The fourth-order valence-electron chi connectivity index (χ4n) is 5.20. The quantitative estimate of drug-likeness (QED) is 0.491. The number of fused-ring (bicyclic) bond motifs is 5. The lowest BCUT2D eigenvalue weighted by Gasteiger charge is -2.50. The summed E-state index contributed by atoms with van der Waals surface area (Å²) >= 11 is 0. The molecule has 0 unspecified atom stereocenters. The summed E-state index contributed by atoms with van der Waals surface area (Å²) in [5, 5.41) is 11.5. The Hall–Kier alpha value is -2.18. The van der Waals surface area contributed by atoms with Crippen LogP contribution in [-0.4, -0.2) is 55.0 Å². The standard InChI is InChI=1S/C22H28N2O4/c1-4-14-12-24-10-9-22(26)17-7-5-6-8-18(17)23-20(22)19(24)11-15(14)16(13-27-2)21(25)28-3/h5-8,13-15,19,26H,4,9-12H2,1-3H3/b16-13+/t14-,15+,19+,22+/m1/s1. The molecule has 4 rings (SSSR count). The minimum atomic E-state index is -1.00. The zero-order chi connectivity index (χ0) is 19.9. The third-order valence-electron chi connectivity index (χ3n) is 6.64. The monoisotopic (exact) mass is 384 g/mol. The first kappa shape index (κ1) is 19.2. The lowest BCUT2D eigenvalue weighted by atomic mass is 9.70. The summed E-state index contributed by atoms with van der Waals surface area (Å²) in [6, 6.07) is 7.84. The highest BCUT2D eigenvalue weighted by atomic mass is 16.5. The third kappa shape index (κ3) is 2.86. The second kappa shape index (κ2) is 7.33. The summed E-state index contributed by atoms with van der Waals surface area (Å²) in [6.07, 6.45) is 3.86. The number of esters is 1. The maximum Gasteiger partial charge on any atom is 0.337 e. The van der Waals surface area contributed by atoms with Crippen molar-refractivity contribution in [2.45, 2.75) is 37.8 Å². The van der Waals surface area contributed by atoms with E-state index in [1.54, 1.807) is 7.11 Å². The van der Waals surface area contributed by atoms with E-state index in [-0.39, 0.29) is 17.9 Å². The Kier molecular flexibility index (Phi) is 5.02. The molecule has 1 aromatic rings. The first-order valence-electron chi connectivity index (χ1n) is 9.99. The van der Waals surface area contributed by atoms with Crippen LogP contribution >= 0.6 is 0 Å². The molecule has 0 radical (unpaired) electrons. The number of aliphatic imine (C=N–C) groups is 1. The zero-order valence-corrected chi connectivity index (χ0v) is 16.7. The Morgan fingerprint density at radius 2 is 2.18 bits per heavy atom. The van der Waals surface area contributed by atoms with Gasteiger partial charge < -0.3 is 14.6 Å². The molecule has 0 saturated carbocycles. The van der Waals surface area contributed by atoms with E-state index >= 15 is 0 Å². The number of ether oxygens (including phenoxy) is 2. The molecule has 6 heteroatoms. The fraction of sp³-hybridized carbons (Fsp3) is 0.545. The predicted octanol–water partition coefficient (Wildman–Crippen LogP) is 2.78. The van der Waals surface area contributed by atoms with Gasteiger partial charge in [-0.15, -0.1) is 0 Å². The minimum Gasteiger partial charge on any atom is -0.504 e. The first-order chi connectivity index (χ1) is 13.5. The second-order valence-corrected chi connectivity index (χ2v) is 7.95. The molecule has 2 fully saturated rings. The minimum absolute atomic E-state index is 0.00358. The molecule has 150 valence electrons. The Morgan fingerprint density at radius 3 is 2.89 bits per heavy atom. The Bertz CT molecular complexity index is 834. The maximum atomic E-state index is 12.4. The number of carbonyl (C=O) groups excluding carboxylic acids is 1. The van der Waals surface area contributed by atoms with Gasteiger partial charge in [-0.2, -0.15) is 0 Å². The van der Waals surface area contributed by atoms with Gasteiger partial charge >= 0.3 is 5.97 Å². The molecular weight excluding hydrogens is 356 g/mol. The Balaban J connectivity index is 1.70. The van der Waals surface area contributed by atoms with Crippen molar-refractivity contribution < 1.29 is 19.4 Å². The highest BCUT2D eigenvalue weighted by Crippen LogP contribution is 2.48. The van der Waals surface area contributed by atoms with Gasteiger partial charge in [-0.25, -0.2) is 4.79 Å². The molecule has 3 heterocycles.